The molecule has 0 bridgehead atoms. The molecule has 26 heavy (non-hydrogen) atoms. The summed E-state index contributed by atoms with van der Waals surface area (Å²) in [5.74, 6) is -1.98. The van der Waals surface area contributed by atoms with Crippen molar-refractivity contribution < 1.29 is 28.2 Å². The molecule has 2 aromatic rings. The molecular weight excluding hydrogens is 367 g/mol. The second-order valence-electron chi connectivity index (χ2n) is 4.89. The lowest BCUT2D eigenvalue weighted by Gasteiger charge is -2.09. The van der Waals surface area contributed by atoms with Crippen molar-refractivity contribution in [2.75, 3.05) is 18.5 Å². The third kappa shape index (κ3) is 6.40. The molecule has 0 spiro atoms. The van der Waals surface area contributed by atoms with Crippen LogP contribution in [0.15, 0.2) is 48.5 Å². The standard InChI is InChI=1S/C17H14ClFN2O5/c18-11-4-3-5-12(8-11)25-10-16(23)26-9-15(22)21-17(24)20-14-7-2-1-6-13(14)19/h1-8H,9-10H2,(H2,20,21,22,24). The lowest BCUT2D eigenvalue weighted by Crippen LogP contribution is -2.37. The topological polar surface area (TPSA) is 93.7 Å². The molecule has 0 radical (unpaired) electrons. The van der Waals surface area contributed by atoms with Gasteiger partial charge in [0.15, 0.2) is 13.2 Å². The first-order valence-electron chi connectivity index (χ1n) is 7.33. The van der Waals surface area contributed by atoms with Gasteiger partial charge in [-0.05, 0) is 30.3 Å². The van der Waals surface area contributed by atoms with E-state index in [0.717, 1.165) is 6.07 Å². The van der Waals surface area contributed by atoms with Crippen LogP contribution in [0.3, 0.4) is 0 Å². The second-order valence-corrected chi connectivity index (χ2v) is 5.33. The zero-order valence-electron chi connectivity index (χ0n) is 13.3. The number of urea groups is 1. The van der Waals surface area contributed by atoms with Crippen LogP contribution in [-0.4, -0.2) is 31.1 Å². The summed E-state index contributed by atoms with van der Waals surface area (Å²) in [6.45, 7) is -1.13. The molecule has 0 aliphatic rings. The van der Waals surface area contributed by atoms with Gasteiger partial charge in [-0.2, -0.15) is 0 Å². The van der Waals surface area contributed by atoms with Crippen LogP contribution in [0.25, 0.3) is 0 Å². The number of nitrogens with one attached hydrogen (secondary N) is 2. The Kier molecular flexibility index (Phi) is 6.92. The number of para-hydroxylation sites is 1. The van der Waals surface area contributed by atoms with Crippen LogP contribution >= 0.6 is 11.6 Å². The summed E-state index contributed by atoms with van der Waals surface area (Å²) in [7, 11) is 0. The van der Waals surface area contributed by atoms with Gasteiger partial charge in [0.25, 0.3) is 5.91 Å². The fourth-order valence-corrected chi connectivity index (χ4v) is 1.95. The van der Waals surface area contributed by atoms with Crippen molar-refractivity contribution in [2.24, 2.45) is 0 Å². The number of rotatable bonds is 6. The highest BCUT2D eigenvalue weighted by molar-refractivity contribution is 6.30. The summed E-state index contributed by atoms with van der Waals surface area (Å²) < 4.78 is 23.2. The predicted molar refractivity (Wildman–Crippen MR) is 91.5 cm³/mol. The minimum absolute atomic E-state index is 0.0929. The lowest BCUT2D eigenvalue weighted by atomic mass is 10.3. The molecule has 9 heteroatoms. The fourth-order valence-electron chi connectivity index (χ4n) is 1.77. The third-order valence-corrected chi connectivity index (χ3v) is 3.13. The van der Waals surface area contributed by atoms with Crippen molar-refractivity contribution in [3.05, 3.63) is 59.4 Å². The van der Waals surface area contributed by atoms with Gasteiger partial charge < -0.3 is 14.8 Å². The molecule has 0 fully saturated rings. The van der Waals surface area contributed by atoms with E-state index < -0.39 is 36.9 Å². The van der Waals surface area contributed by atoms with E-state index in [1.165, 1.54) is 24.3 Å². The molecule has 136 valence electrons. The summed E-state index contributed by atoms with van der Waals surface area (Å²) in [5, 5.41) is 4.50. The number of hydrogen-bond acceptors (Lipinski definition) is 5. The van der Waals surface area contributed by atoms with Crippen LogP contribution in [0.4, 0.5) is 14.9 Å². The van der Waals surface area contributed by atoms with E-state index in [1.54, 1.807) is 18.2 Å². The van der Waals surface area contributed by atoms with E-state index in [2.05, 4.69) is 10.1 Å². The number of halogens is 2. The SMILES string of the molecule is O=C(COC(=O)COc1cccc(Cl)c1)NC(=O)Nc1ccccc1F. The minimum Gasteiger partial charge on any atom is -0.482 e. The Morgan fingerprint density at radius 1 is 1.04 bits per heavy atom. The predicted octanol–water partition coefficient (Wildman–Crippen LogP) is 2.75. The van der Waals surface area contributed by atoms with Crippen molar-refractivity contribution in [3.63, 3.8) is 0 Å². The first kappa shape index (κ1) is 19.2. The van der Waals surface area contributed by atoms with Crippen molar-refractivity contribution in [2.45, 2.75) is 0 Å². The van der Waals surface area contributed by atoms with E-state index in [-0.39, 0.29) is 5.69 Å². The zero-order valence-corrected chi connectivity index (χ0v) is 14.1. The monoisotopic (exact) mass is 380 g/mol. The summed E-state index contributed by atoms with van der Waals surface area (Å²) in [5.41, 5.74) is -0.0929. The molecule has 0 aliphatic carbocycles. The number of benzene rings is 2. The van der Waals surface area contributed by atoms with Crippen LogP contribution in [0.5, 0.6) is 5.75 Å². The van der Waals surface area contributed by atoms with Crippen LogP contribution in [0.1, 0.15) is 0 Å². The fraction of sp³-hybridized carbons (Fsp3) is 0.118. The Morgan fingerprint density at radius 3 is 2.54 bits per heavy atom. The zero-order chi connectivity index (χ0) is 18.9. The van der Waals surface area contributed by atoms with Gasteiger partial charge in [0, 0.05) is 5.02 Å². The molecule has 0 saturated heterocycles. The highest BCUT2D eigenvalue weighted by atomic mass is 35.5. The van der Waals surface area contributed by atoms with Crippen molar-refractivity contribution in [1.29, 1.82) is 0 Å². The maximum Gasteiger partial charge on any atom is 0.344 e. The summed E-state index contributed by atoms with van der Waals surface area (Å²) in [6.07, 6.45) is 0. The number of esters is 1. The molecule has 2 aromatic carbocycles. The van der Waals surface area contributed by atoms with Crippen LogP contribution < -0.4 is 15.4 Å². The maximum absolute atomic E-state index is 13.4. The van der Waals surface area contributed by atoms with Gasteiger partial charge in [-0.1, -0.05) is 29.8 Å². The Labute approximate surface area is 153 Å². The highest BCUT2D eigenvalue weighted by Crippen LogP contribution is 2.17. The van der Waals surface area contributed by atoms with Crippen LogP contribution in [-0.2, 0) is 14.3 Å². The van der Waals surface area contributed by atoms with Gasteiger partial charge in [0.05, 0.1) is 5.69 Å². The van der Waals surface area contributed by atoms with Crippen molar-refractivity contribution >= 4 is 35.2 Å². The second kappa shape index (κ2) is 9.38. The average molecular weight is 381 g/mol. The van der Waals surface area contributed by atoms with E-state index >= 15 is 0 Å². The molecule has 0 saturated carbocycles. The summed E-state index contributed by atoms with van der Waals surface area (Å²) in [4.78, 5) is 34.6. The number of imide groups is 1. The summed E-state index contributed by atoms with van der Waals surface area (Å²) in [6, 6.07) is 10.9. The Bertz CT molecular complexity index is 815. The molecule has 3 amide bonds. The lowest BCUT2D eigenvalue weighted by molar-refractivity contribution is -0.150. The van der Waals surface area contributed by atoms with Crippen molar-refractivity contribution in [1.82, 2.24) is 5.32 Å². The molecule has 0 aromatic heterocycles. The first-order chi connectivity index (χ1) is 12.4. The highest BCUT2D eigenvalue weighted by Gasteiger charge is 2.13. The molecular formula is C17H14ClFN2O5. The van der Waals surface area contributed by atoms with Gasteiger partial charge >= 0.3 is 12.0 Å². The molecule has 0 heterocycles. The van der Waals surface area contributed by atoms with Crippen molar-refractivity contribution in [3.8, 4) is 5.75 Å². The molecule has 2 rings (SSSR count). The quantitative estimate of drug-likeness (QED) is 0.751. The average Bonchev–Trinajstić information content (AvgIpc) is 2.60. The summed E-state index contributed by atoms with van der Waals surface area (Å²) >= 11 is 5.77. The Hall–Kier alpha value is -3.13. The number of ether oxygens (including phenoxy) is 2. The van der Waals surface area contributed by atoms with Crippen LogP contribution in [0.2, 0.25) is 5.02 Å². The molecule has 2 N–H and O–H groups in total. The first-order valence-corrected chi connectivity index (χ1v) is 7.71. The Balaban J connectivity index is 1.70. The number of amides is 3. The molecule has 0 atom stereocenters. The van der Waals surface area contributed by atoms with Gasteiger partial charge in [0.2, 0.25) is 0 Å². The molecule has 7 nitrogen and oxygen atoms in total. The Morgan fingerprint density at radius 2 is 1.81 bits per heavy atom. The van der Waals surface area contributed by atoms with E-state index in [9.17, 15) is 18.8 Å². The van der Waals surface area contributed by atoms with E-state index in [1.807, 2.05) is 5.32 Å². The number of hydrogen-bond donors (Lipinski definition) is 2. The van der Waals surface area contributed by atoms with E-state index in [4.69, 9.17) is 16.3 Å². The third-order valence-electron chi connectivity index (χ3n) is 2.89. The molecule has 0 unspecified atom stereocenters. The maximum atomic E-state index is 13.4. The minimum atomic E-state index is -0.952. The smallest absolute Gasteiger partial charge is 0.344 e. The van der Waals surface area contributed by atoms with E-state index in [0.29, 0.717) is 10.8 Å². The van der Waals surface area contributed by atoms with Gasteiger partial charge in [0.1, 0.15) is 11.6 Å². The van der Waals surface area contributed by atoms with Gasteiger partial charge in [-0.15, -0.1) is 0 Å². The normalized spacial score (nSPS) is 9.92. The number of anilines is 1. The van der Waals surface area contributed by atoms with Gasteiger partial charge in [-0.25, -0.2) is 14.0 Å². The van der Waals surface area contributed by atoms with Crippen LogP contribution in [0, 0.1) is 5.82 Å². The number of carbonyl (C=O) groups is 3. The largest absolute Gasteiger partial charge is 0.482 e. The molecule has 0 aliphatic heterocycles. The van der Waals surface area contributed by atoms with Gasteiger partial charge in [-0.3, -0.25) is 10.1 Å². The number of carbonyl (C=O) groups excluding carboxylic acids is 3.